The van der Waals surface area contributed by atoms with Gasteiger partial charge in [0.2, 0.25) is 5.91 Å². The van der Waals surface area contributed by atoms with Crippen LogP contribution in [0.3, 0.4) is 0 Å². The fraction of sp³-hybridized carbons (Fsp3) is 0.458. The minimum Gasteiger partial charge on any atom is -0.497 e. The Morgan fingerprint density at radius 1 is 1.00 bits per heavy atom. The molecule has 5 nitrogen and oxygen atoms in total. The van der Waals surface area contributed by atoms with Crippen LogP contribution in [0.4, 0.5) is 0 Å². The van der Waals surface area contributed by atoms with Gasteiger partial charge in [0.25, 0.3) is 0 Å². The van der Waals surface area contributed by atoms with Crippen molar-refractivity contribution < 1.29 is 19.0 Å². The van der Waals surface area contributed by atoms with Gasteiger partial charge < -0.3 is 19.1 Å². The standard InChI is InChI=1S/C24H31NO4/c1-18-5-4-6-20(11-18)14-24(26)25-9-7-19(8-10-25)16-29-17-21-12-22(27-2)15-23(13-21)28-3/h4-6,11-13,15,19H,7-10,14,16-17H2,1-3H3. The van der Waals surface area contributed by atoms with Crippen LogP contribution < -0.4 is 9.47 Å². The van der Waals surface area contributed by atoms with E-state index in [9.17, 15) is 4.79 Å². The summed E-state index contributed by atoms with van der Waals surface area (Å²) >= 11 is 0. The molecule has 0 spiro atoms. The average molecular weight is 398 g/mol. The van der Waals surface area contributed by atoms with Gasteiger partial charge >= 0.3 is 0 Å². The maximum Gasteiger partial charge on any atom is 0.226 e. The summed E-state index contributed by atoms with van der Waals surface area (Å²) in [6, 6.07) is 14.0. The summed E-state index contributed by atoms with van der Waals surface area (Å²) in [5.74, 6) is 2.25. The summed E-state index contributed by atoms with van der Waals surface area (Å²) < 4.78 is 16.6. The molecule has 2 aromatic carbocycles. The van der Waals surface area contributed by atoms with Crippen LogP contribution in [0.15, 0.2) is 42.5 Å². The zero-order valence-electron chi connectivity index (χ0n) is 17.6. The molecule has 1 saturated heterocycles. The molecule has 0 N–H and O–H groups in total. The number of methoxy groups -OCH3 is 2. The van der Waals surface area contributed by atoms with Crippen LogP contribution in [0.1, 0.15) is 29.5 Å². The Kier molecular flexibility index (Phi) is 7.53. The first-order chi connectivity index (χ1) is 14.1. The van der Waals surface area contributed by atoms with E-state index in [4.69, 9.17) is 14.2 Å². The number of carbonyl (C=O) groups excluding carboxylic acids is 1. The second kappa shape index (κ2) is 10.3. The van der Waals surface area contributed by atoms with Crippen molar-refractivity contribution in [1.82, 2.24) is 4.90 Å². The highest BCUT2D eigenvalue weighted by atomic mass is 16.5. The smallest absolute Gasteiger partial charge is 0.226 e. The van der Waals surface area contributed by atoms with Crippen molar-refractivity contribution in [3.8, 4) is 11.5 Å². The highest BCUT2D eigenvalue weighted by Gasteiger charge is 2.23. The lowest BCUT2D eigenvalue weighted by Crippen LogP contribution is -2.40. The number of benzene rings is 2. The molecule has 1 amide bonds. The Hall–Kier alpha value is -2.53. The molecule has 1 fully saturated rings. The molecule has 0 aromatic heterocycles. The monoisotopic (exact) mass is 397 g/mol. The van der Waals surface area contributed by atoms with Crippen molar-refractivity contribution in [3.05, 3.63) is 59.2 Å². The van der Waals surface area contributed by atoms with Gasteiger partial charge in [0.15, 0.2) is 0 Å². The Morgan fingerprint density at radius 3 is 2.31 bits per heavy atom. The highest BCUT2D eigenvalue weighted by Crippen LogP contribution is 2.24. The molecule has 5 heteroatoms. The molecule has 156 valence electrons. The first-order valence-corrected chi connectivity index (χ1v) is 10.2. The zero-order chi connectivity index (χ0) is 20.6. The molecular weight excluding hydrogens is 366 g/mol. The molecule has 1 heterocycles. The molecule has 1 aliphatic rings. The van der Waals surface area contributed by atoms with Crippen molar-refractivity contribution in [2.24, 2.45) is 5.92 Å². The first-order valence-electron chi connectivity index (χ1n) is 10.2. The largest absolute Gasteiger partial charge is 0.497 e. The van der Waals surface area contributed by atoms with E-state index in [0.717, 1.165) is 48.6 Å². The average Bonchev–Trinajstić information content (AvgIpc) is 2.74. The maximum absolute atomic E-state index is 12.6. The number of ether oxygens (including phenoxy) is 3. The molecule has 0 unspecified atom stereocenters. The van der Waals surface area contributed by atoms with Crippen molar-refractivity contribution in [3.63, 3.8) is 0 Å². The van der Waals surface area contributed by atoms with E-state index in [1.54, 1.807) is 14.2 Å². The maximum atomic E-state index is 12.6. The number of rotatable bonds is 8. The summed E-state index contributed by atoms with van der Waals surface area (Å²) in [6.45, 7) is 4.91. The van der Waals surface area contributed by atoms with Gasteiger partial charge in [0.1, 0.15) is 11.5 Å². The lowest BCUT2D eigenvalue weighted by molar-refractivity contribution is -0.132. The second-order valence-corrected chi connectivity index (χ2v) is 7.73. The molecule has 2 aromatic rings. The Bertz CT molecular complexity index is 790. The van der Waals surface area contributed by atoms with Crippen LogP contribution in [-0.4, -0.2) is 44.7 Å². The molecule has 0 aliphatic carbocycles. The molecule has 0 saturated carbocycles. The molecular formula is C24H31NO4. The molecule has 0 radical (unpaired) electrons. The quantitative estimate of drug-likeness (QED) is 0.675. The molecule has 3 rings (SSSR count). The van der Waals surface area contributed by atoms with Crippen LogP contribution in [0.25, 0.3) is 0 Å². The van der Waals surface area contributed by atoms with Gasteiger partial charge in [-0.05, 0) is 48.9 Å². The number of piperidine rings is 1. The van der Waals surface area contributed by atoms with Gasteiger partial charge in [0, 0.05) is 25.8 Å². The van der Waals surface area contributed by atoms with E-state index in [0.29, 0.717) is 25.6 Å². The van der Waals surface area contributed by atoms with Crippen molar-refractivity contribution in [1.29, 1.82) is 0 Å². The predicted octanol–water partition coefficient (Wildman–Crippen LogP) is 4.01. The minimum atomic E-state index is 0.221. The van der Waals surface area contributed by atoms with Gasteiger partial charge in [-0.2, -0.15) is 0 Å². The topological polar surface area (TPSA) is 48.0 Å². The van der Waals surface area contributed by atoms with Crippen LogP contribution >= 0.6 is 0 Å². The molecule has 29 heavy (non-hydrogen) atoms. The van der Waals surface area contributed by atoms with E-state index < -0.39 is 0 Å². The van der Waals surface area contributed by atoms with Crippen LogP contribution in [0.2, 0.25) is 0 Å². The minimum absolute atomic E-state index is 0.221. The molecule has 0 atom stereocenters. The van der Waals surface area contributed by atoms with Crippen molar-refractivity contribution in [2.75, 3.05) is 33.9 Å². The van der Waals surface area contributed by atoms with E-state index in [-0.39, 0.29) is 5.91 Å². The van der Waals surface area contributed by atoms with E-state index >= 15 is 0 Å². The summed E-state index contributed by atoms with van der Waals surface area (Å²) in [6.07, 6.45) is 2.46. The van der Waals surface area contributed by atoms with Crippen molar-refractivity contribution in [2.45, 2.75) is 32.8 Å². The van der Waals surface area contributed by atoms with Gasteiger partial charge in [-0.25, -0.2) is 0 Å². The summed E-state index contributed by atoms with van der Waals surface area (Å²) in [4.78, 5) is 14.6. The Balaban J connectivity index is 1.41. The Morgan fingerprint density at radius 2 is 1.69 bits per heavy atom. The third kappa shape index (κ3) is 6.23. The lowest BCUT2D eigenvalue weighted by Gasteiger charge is -2.32. The van der Waals surface area contributed by atoms with E-state index in [1.165, 1.54) is 5.56 Å². The molecule has 0 bridgehead atoms. The number of carbonyl (C=O) groups is 1. The summed E-state index contributed by atoms with van der Waals surface area (Å²) in [5.41, 5.74) is 3.32. The third-order valence-corrected chi connectivity index (χ3v) is 5.44. The number of amides is 1. The number of hydrogen-bond acceptors (Lipinski definition) is 4. The van der Waals surface area contributed by atoms with Gasteiger partial charge in [-0.1, -0.05) is 29.8 Å². The van der Waals surface area contributed by atoms with E-state index in [1.807, 2.05) is 35.2 Å². The van der Waals surface area contributed by atoms with Crippen LogP contribution in [0, 0.1) is 12.8 Å². The second-order valence-electron chi connectivity index (χ2n) is 7.73. The number of nitrogens with zero attached hydrogens (tertiary/aromatic N) is 1. The number of aryl methyl sites for hydroxylation is 1. The normalized spacial score (nSPS) is 14.7. The Labute approximate surface area is 173 Å². The van der Waals surface area contributed by atoms with Gasteiger partial charge in [-0.3, -0.25) is 4.79 Å². The fourth-order valence-electron chi connectivity index (χ4n) is 3.75. The predicted molar refractivity (Wildman–Crippen MR) is 113 cm³/mol. The van der Waals surface area contributed by atoms with Gasteiger partial charge in [-0.15, -0.1) is 0 Å². The molecule has 1 aliphatic heterocycles. The first kappa shape index (κ1) is 21.2. The van der Waals surface area contributed by atoms with Crippen LogP contribution in [0.5, 0.6) is 11.5 Å². The summed E-state index contributed by atoms with van der Waals surface area (Å²) in [7, 11) is 3.29. The van der Waals surface area contributed by atoms with Crippen molar-refractivity contribution >= 4 is 5.91 Å². The van der Waals surface area contributed by atoms with Crippen LogP contribution in [-0.2, 0) is 22.6 Å². The zero-order valence-corrected chi connectivity index (χ0v) is 17.6. The lowest BCUT2D eigenvalue weighted by atomic mass is 9.97. The highest BCUT2D eigenvalue weighted by molar-refractivity contribution is 5.78. The number of likely N-dealkylation sites (tertiary alicyclic amines) is 1. The third-order valence-electron chi connectivity index (χ3n) is 5.44. The van der Waals surface area contributed by atoms with E-state index in [2.05, 4.69) is 19.1 Å². The van der Waals surface area contributed by atoms with Gasteiger partial charge in [0.05, 0.1) is 27.2 Å². The SMILES string of the molecule is COc1cc(COCC2CCN(C(=O)Cc3cccc(C)c3)CC2)cc(OC)c1. The number of hydrogen-bond donors (Lipinski definition) is 0. The summed E-state index contributed by atoms with van der Waals surface area (Å²) in [5, 5.41) is 0. The fourth-order valence-corrected chi connectivity index (χ4v) is 3.75.